The first-order chi connectivity index (χ1) is 7.27. The smallest absolute Gasteiger partial charge is 0.0952 e. The highest BCUT2D eigenvalue weighted by Gasteiger charge is 2.07. The molecule has 0 saturated carbocycles. The number of hydrogen-bond donors (Lipinski definition) is 1. The quantitative estimate of drug-likeness (QED) is 0.798. The van der Waals surface area contributed by atoms with Gasteiger partial charge in [-0.25, -0.2) is 4.98 Å². The topological polar surface area (TPSA) is 69.6 Å². The van der Waals surface area contributed by atoms with Crippen LogP contribution in [0.4, 0.5) is 0 Å². The maximum absolute atomic E-state index is 5.82. The zero-order valence-corrected chi connectivity index (χ0v) is 8.54. The Labute approximate surface area is 88.0 Å². The molecule has 5 nitrogen and oxygen atoms in total. The lowest BCUT2D eigenvalue weighted by molar-refractivity contribution is 0.659. The molecule has 0 aliphatic carbocycles. The van der Waals surface area contributed by atoms with Crippen molar-refractivity contribution < 1.29 is 0 Å². The molecule has 5 heteroatoms. The molecule has 2 aromatic heterocycles. The van der Waals surface area contributed by atoms with Gasteiger partial charge in [-0.2, -0.15) is 10.2 Å². The van der Waals surface area contributed by atoms with E-state index in [2.05, 4.69) is 15.2 Å². The van der Waals surface area contributed by atoms with Crippen LogP contribution in [-0.4, -0.2) is 19.7 Å². The molecule has 2 heterocycles. The Morgan fingerprint density at radius 2 is 2.40 bits per heavy atom. The van der Waals surface area contributed by atoms with Crippen molar-refractivity contribution in [3.05, 3.63) is 42.2 Å². The monoisotopic (exact) mass is 203 g/mol. The van der Waals surface area contributed by atoms with Crippen LogP contribution in [0.2, 0.25) is 0 Å². The van der Waals surface area contributed by atoms with Crippen LogP contribution in [0.1, 0.15) is 24.4 Å². The molecule has 0 amide bonds. The van der Waals surface area contributed by atoms with Crippen molar-refractivity contribution in [2.45, 2.75) is 19.5 Å². The summed E-state index contributed by atoms with van der Waals surface area (Å²) in [4.78, 5) is 4.07. The Bertz CT molecular complexity index is 420. The lowest BCUT2D eigenvalue weighted by Gasteiger charge is -2.09. The van der Waals surface area contributed by atoms with E-state index in [4.69, 9.17) is 5.73 Å². The van der Waals surface area contributed by atoms with Crippen molar-refractivity contribution in [2.24, 2.45) is 5.73 Å². The fourth-order valence-corrected chi connectivity index (χ4v) is 1.43. The fraction of sp³-hybridized carbons (Fsp3) is 0.300. The van der Waals surface area contributed by atoms with Crippen LogP contribution in [-0.2, 0) is 6.54 Å². The lowest BCUT2D eigenvalue weighted by Crippen LogP contribution is -2.13. The summed E-state index contributed by atoms with van der Waals surface area (Å²) in [5.41, 5.74) is 7.72. The molecule has 2 aromatic rings. The minimum Gasteiger partial charge on any atom is -0.327 e. The number of nitrogens with zero attached hydrogens (tertiary/aromatic N) is 4. The molecule has 1 atom stereocenters. The summed E-state index contributed by atoms with van der Waals surface area (Å²) >= 11 is 0. The molecule has 0 spiro atoms. The normalized spacial score (nSPS) is 12.7. The van der Waals surface area contributed by atoms with E-state index in [0.29, 0.717) is 6.54 Å². The predicted octanol–water partition coefficient (Wildman–Crippen LogP) is 0.741. The van der Waals surface area contributed by atoms with Crippen LogP contribution < -0.4 is 5.73 Å². The maximum Gasteiger partial charge on any atom is 0.0952 e. The van der Waals surface area contributed by atoms with Gasteiger partial charge in [0, 0.05) is 18.4 Å². The largest absolute Gasteiger partial charge is 0.327 e. The van der Waals surface area contributed by atoms with E-state index < -0.39 is 0 Å². The van der Waals surface area contributed by atoms with Crippen molar-refractivity contribution in [3.8, 4) is 0 Å². The number of aromatic nitrogens is 4. The first-order valence-electron chi connectivity index (χ1n) is 4.79. The third-order valence-electron chi connectivity index (χ3n) is 2.17. The summed E-state index contributed by atoms with van der Waals surface area (Å²) in [7, 11) is 0. The van der Waals surface area contributed by atoms with E-state index in [1.807, 2.05) is 23.6 Å². The van der Waals surface area contributed by atoms with E-state index in [-0.39, 0.29) is 6.04 Å². The fourth-order valence-electron chi connectivity index (χ4n) is 1.43. The lowest BCUT2D eigenvalue weighted by atomic mass is 10.2. The summed E-state index contributed by atoms with van der Waals surface area (Å²) in [5, 5.41) is 7.84. The van der Waals surface area contributed by atoms with E-state index >= 15 is 0 Å². The highest BCUT2D eigenvalue weighted by molar-refractivity contribution is 5.07. The molecule has 0 saturated heterocycles. The van der Waals surface area contributed by atoms with E-state index in [9.17, 15) is 0 Å². The van der Waals surface area contributed by atoms with Crippen molar-refractivity contribution in [1.29, 1.82) is 0 Å². The Morgan fingerprint density at radius 1 is 1.53 bits per heavy atom. The third kappa shape index (κ3) is 2.19. The van der Waals surface area contributed by atoms with Gasteiger partial charge in [0.05, 0.1) is 24.3 Å². The summed E-state index contributed by atoms with van der Waals surface area (Å²) in [6.07, 6.45) is 5.19. The Morgan fingerprint density at radius 3 is 3.07 bits per heavy atom. The number of hydrogen-bond acceptors (Lipinski definition) is 4. The standard InChI is InChI=1S/C10H13N5/c1-8(11)10-5-12-7-15(10)6-9-3-2-4-13-14-9/h2-5,7-8H,6,11H2,1H3/t8-/m0/s1. The highest BCUT2D eigenvalue weighted by Crippen LogP contribution is 2.09. The van der Waals surface area contributed by atoms with Crippen molar-refractivity contribution in [1.82, 2.24) is 19.7 Å². The Balaban J connectivity index is 2.21. The van der Waals surface area contributed by atoms with Gasteiger partial charge in [0.1, 0.15) is 0 Å². The zero-order valence-electron chi connectivity index (χ0n) is 8.54. The first kappa shape index (κ1) is 9.79. The Hall–Kier alpha value is -1.75. The molecule has 0 radical (unpaired) electrons. The molecule has 0 unspecified atom stereocenters. The number of nitrogens with two attached hydrogens (primary N) is 1. The van der Waals surface area contributed by atoms with Crippen molar-refractivity contribution in [3.63, 3.8) is 0 Å². The van der Waals surface area contributed by atoms with Crippen LogP contribution in [0.25, 0.3) is 0 Å². The van der Waals surface area contributed by atoms with Crippen molar-refractivity contribution in [2.75, 3.05) is 0 Å². The number of imidazole rings is 1. The van der Waals surface area contributed by atoms with Gasteiger partial charge in [0.25, 0.3) is 0 Å². The van der Waals surface area contributed by atoms with Gasteiger partial charge < -0.3 is 10.3 Å². The van der Waals surface area contributed by atoms with Crippen LogP contribution in [0.3, 0.4) is 0 Å². The minimum atomic E-state index is -0.0239. The van der Waals surface area contributed by atoms with Gasteiger partial charge in [-0.3, -0.25) is 0 Å². The second kappa shape index (κ2) is 4.18. The molecule has 0 aromatic carbocycles. The average molecular weight is 203 g/mol. The van der Waals surface area contributed by atoms with Crippen molar-refractivity contribution >= 4 is 0 Å². The van der Waals surface area contributed by atoms with E-state index in [0.717, 1.165) is 11.4 Å². The van der Waals surface area contributed by atoms with E-state index in [1.165, 1.54) is 0 Å². The first-order valence-corrected chi connectivity index (χ1v) is 4.79. The predicted molar refractivity (Wildman–Crippen MR) is 56.0 cm³/mol. The van der Waals surface area contributed by atoms with Gasteiger partial charge in [0.15, 0.2) is 0 Å². The minimum absolute atomic E-state index is 0.0239. The summed E-state index contributed by atoms with van der Waals surface area (Å²) in [5.74, 6) is 0. The summed E-state index contributed by atoms with van der Waals surface area (Å²) < 4.78 is 1.98. The second-order valence-corrected chi connectivity index (χ2v) is 3.45. The average Bonchev–Trinajstić information content (AvgIpc) is 2.67. The molecule has 15 heavy (non-hydrogen) atoms. The van der Waals surface area contributed by atoms with Gasteiger partial charge in [-0.15, -0.1) is 0 Å². The van der Waals surface area contributed by atoms with Crippen LogP contribution in [0.5, 0.6) is 0 Å². The molecule has 2 rings (SSSR count). The van der Waals surface area contributed by atoms with Gasteiger partial charge in [-0.05, 0) is 19.1 Å². The maximum atomic E-state index is 5.82. The second-order valence-electron chi connectivity index (χ2n) is 3.45. The Kier molecular flexibility index (Phi) is 2.73. The molecule has 0 fully saturated rings. The molecule has 0 bridgehead atoms. The van der Waals surface area contributed by atoms with Gasteiger partial charge in [-0.1, -0.05) is 0 Å². The van der Waals surface area contributed by atoms with Gasteiger partial charge in [0.2, 0.25) is 0 Å². The number of rotatable bonds is 3. The van der Waals surface area contributed by atoms with Crippen LogP contribution in [0, 0.1) is 0 Å². The van der Waals surface area contributed by atoms with Crippen LogP contribution >= 0.6 is 0 Å². The SMILES string of the molecule is C[C@H](N)c1cncn1Cc1cccnn1. The molecule has 2 N–H and O–H groups in total. The highest BCUT2D eigenvalue weighted by atomic mass is 15.1. The molecule has 0 aliphatic rings. The third-order valence-corrected chi connectivity index (χ3v) is 2.17. The molecule has 78 valence electrons. The van der Waals surface area contributed by atoms with Gasteiger partial charge >= 0.3 is 0 Å². The zero-order chi connectivity index (χ0) is 10.7. The summed E-state index contributed by atoms with van der Waals surface area (Å²) in [6.45, 7) is 2.59. The molecular formula is C10H13N5. The van der Waals surface area contributed by atoms with E-state index in [1.54, 1.807) is 18.7 Å². The molecule has 0 aliphatic heterocycles. The van der Waals surface area contributed by atoms with Crippen LogP contribution in [0.15, 0.2) is 30.9 Å². The summed E-state index contributed by atoms with van der Waals surface area (Å²) in [6, 6.07) is 3.77. The molecular weight excluding hydrogens is 190 g/mol.